The zero-order valence-electron chi connectivity index (χ0n) is 10.6. The molecular weight excluding hydrogens is 267 g/mol. The van der Waals surface area contributed by atoms with Crippen LogP contribution < -0.4 is 5.32 Å². The molecule has 0 unspecified atom stereocenters. The smallest absolute Gasteiger partial charge is 0.295 e. The van der Waals surface area contributed by atoms with Crippen molar-refractivity contribution in [3.63, 3.8) is 0 Å². The standard InChI is InChI=1S/C13H13FN2O2S/c1-8-5-12(13(16(17)18)6-11(8)14)15-7-10-4-3-9(2)19-10/h3-6,15H,7H2,1-2H3. The van der Waals surface area contributed by atoms with Crippen LogP contribution in [-0.2, 0) is 6.54 Å². The molecule has 1 heterocycles. The molecule has 6 heteroatoms. The molecule has 4 nitrogen and oxygen atoms in total. The number of aryl methyl sites for hydroxylation is 2. The van der Waals surface area contributed by atoms with Crippen LogP contribution in [0.5, 0.6) is 0 Å². The second-order valence-corrected chi connectivity index (χ2v) is 5.61. The minimum atomic E-state index is -0.579. The van der Waals surface area contributed by atoms with Crippen molar-refractivity contribution in [1.82, 2.24) is 0 Å². The molecule has 19 heavy (non-hydrogen) atoms. The van der Waals surface area contributed by atoms with E-state index in [0.717, 1.165) is 10.9 Å². The maximum Gasteiger partial charge on any atom is 0.295 e. The number of nitrogens with one attached hydrogen (secondary N) is 1. The lowest BCUT2D eigenvalue weighted by molar-refractivity contribution is -0.384. The van der Waals surface area contributed by atoms with Gasteiger partial charge in [-0.2, -0.15) is 0 Å². The molecule has 0 aliphatic heterocycles. The fraction of sp³-hybridized carbons (Fsp3) is 0.231. The molecule has 2 aromatic rings. The summed E-state index contributed by atoms with van der Waals surface area (Å²) in [6.07, 6.45) is 0. The van der Waals surface area contributed by atoms with Crippen LogP contribution in [-0.4, -0.2) is 4.92 Å². The van der Waals surface area contributed by atoms with Crippen molar-refractivity contribution in [3.8, 4) is 0 Å². The molecule has 0 saturated heterocycles. The Kier molecular flexibility index (Phi) is 3.80. The minimum Gasteiger partial charge on any atom is -0.375 e. The Labute approximate surface area is 114 Å². The summed E-state index contributed by atoms with van der Waals surface area (Å²) in [5, 5.41) is 13.9. The molecule has 2 rings (SSSR count). The van der Waals surface area contributed by atoms with Crippen molar-refractivity contribution in [1.29, 1.82) is 0 Å². The van der Waals surface area contributed by atoms with Gasteiger partial charge in [-0.1, -0.05) is 0 Å². The quantitative estimate of drug-likeness (QED) is 0.679. The summed E-state index contributed by atoms with van der Waals surface area (Å²) < 4.78 is 13.4. The van der Waals surface area contributed by atoms with Gasteiger partial charge in [-0.15, -0.1) is 11.3 Å². The molecule has 0 aliphatic rings. The van der Waals surface area contributed by atoms with Crippen LogP contribution in [0.3, 0.4) is 0 Å². The first-order valence-electron chi connectivity index (χ1n) is 5.71. The van der Waals surface area contributed by atoms with Gasteiger partial charge in [0.05, 0.1) is 11.0 Å². The van der Waals surface area contributed by atoms with Gasteiger partial charge in [0.15, 0.2) is 0 Å². The predicted molar refractivity (Wildman–Crippen MR) is 74.2 cm³/mol. The third kappa shape index (κ3) is 3.08. The van der Waals surface area contributed by atoms with Gasteiger partial charge in [-0.3, -0.25) is 10.1 Å². The Morgan fingerprint density at radius 1 is 1.37 bits per heavy atom. The van der Waals surface area contributed by atoms with E-state index < -0.39 is 10.7 Å². The van der Waals surface area contributed by atoms with Crippen LogP contribution in [0.1, 0.15) is 15.3 Å². The number of benzene rings is 1. The van der Waals surface area contributed by atoms with Crippen LogP contribution in [0.15, 0.2) is 24.3 Å². The average molecular weight is 280 g/mol. The highest BCUT2D eigenvalue weighted by Gasteiger charge is 2.16. The van der Waals surface area contributed by atoms with Gasteiger partial charge in [0.1, 0.15) is 11.5 Å². The van der Waals surface area contributed by atoms with E-state index in [1.54, 1.807) is 18.3 Å². The summed E-state index contributed by atoms with van der Waals surface area (Å²) in [6.45, 7) is 4.07. The molecule has 0 fully saturated rings. The SMILES string of the molecule is Cc1ccc(CNc2cc(C)c(F)cc2[N+](=O)[O-])s1. The van der Waals surface area contributed by atoms with Crippen molar-refractivity contribution < 1.29 is 9.31 Å². The van der Waals surface area contributed by atoms with Gasteiger partial charge in [0.2, 0.25) is 0 Å². The van der Waals surface area contributed by atoms with E-state index in [1.807, 2.05) is 19.1 Å². The summed E-state index contributed by atoms with van der Waals surface area (Å²) in [4.78, 5) is 12.6. The number of nitro benzene ring substituents is 1. The molecule has 0 atom stereocenters. The fourth-order valence-electron chi connectivity index (χ4n) is 1.73. The summed E-state index contributed by atoms with van der Waals surface area (Å²) in [6, 6.07) is 6.38. The van der Waals surface area contributed by atoms with Crippen LogP contribution in [0, 0.1) is 29.8 Å². The Morgan fingerprint density at radius 3 is 2.68 bits per heavy atom. The third-order valence-electron chi connectivity index (χ3n) is 2.72. The van der Waals surface area contributed by atoms with Crippen LogP contribution in [0.25, 0.3) is 0 Å². The Balaban J connectivity index is 2.23. The molecule has 1 N–H and O–H groups in total. The molecule has 1 aromatic carbocycles. The Bertz CT molecular complexity index is 625. The molecule has 0 amide bonds. The highest BCUT2D eigenvalue weighted by atomic mass is 32.1. The van der Waals surface area contributed by atoms with E-state index in [9.17, 15) is 14.5 Å². The number of thiophene rings is 1. The first-order chi connectivity index (χ1) is 8.97. The van der Waals surface area contributed by atoms with Gasteiger partial charge >= 0.3 is 0 Å². The number of nitrogens with zero attached hydrogens (tertiary/aromatic N) is 1. The summed E-state index contributed by atoms with van der Waals surface area (Å²) >= 11 is 1.62. The summed E-state index contributed by atoms with van der Waals surface area (Å²) in [5.41, 5.74) is 0.488. The van der Waals surface area contributed by atoms with E-state index in [4.69, 9.17) is 0 Å². The first kappa shape index (κ1) is 13.5. The third-order valence-corrected chi connectivity index (χ3v) is 3.72. The summed E-state index contributed by atoms with van der Waals surface area (Å²) in [7, 11) is 0. The molecule has 0 aliphatic carbocycles. The number of hydrogen-bond acceptors (Lipinski definition) is 4. The maximum atomic E-state index is 13.4. The minimum absolute atomic E-state index is 0.239. The molecular formula is C13H13FN2O2S. The lowest BCUT2D eigenvalue weighted by atomic mass is 10.2. The summed E-state index contributed by atoms with van der Waals surface area (Å²) in [5.74, 6) is -0.566. The Morgan fingerprint density at radius 2 is 2.11 bits per heavy atom. The van der Waals surface area contributed by atoms with Gasteiger partial charge in [0, 0.05) is 16.3 Å². The fourth-order valence-corrected chi connectivity index (χ4v) is 2.56. The lowest BCUT2D eigenvalue weighted by Crippen LogP contribution is -2.03. The molecule has 0 radical (unpaired) electrons. The van der Waals surface area contributed by atoms with E-state index in [0.29, 0.717) is 17.8 Å². The Hall–Kier alpha value is -1.95. The molecule has 0 spiro atoms. The van der Waals surface area contributed by atoms with Gasteiger partial charge in [-0.25, -0.2) is 4.39 Å². The number of hydrogen-bond donors (Lipinski definition) is 1. The average Bonchev–Trinajstić information content (AvgIpc) is 2.76. The second kappa shape index (κ2) is 5.36. The molecule has 1 aromatic heterocycles. The zero-order chi connectivity index (χ0) is 14.0. The van der Waals surface area contributed by atoms with Crippen molar-refractivity contribution in [2.75, 3.05) is 5.32 Å². The van der Waals surface area contributed by atoms with E-state index in [-0.39, 0.29) is 5.69 Å². The highest BCUT2D eigenvalue weighted by molar-refractivity contribution is 7.11. The monoisotopic (exact) mass is 280 g/mol. The molecule has 100 valence electrons. The van der Waals surface area contributed by atoms with E-state index in [2.05, 4.69) is 5.32 Å². The van der Waals surface area contributed by atoms with Crippen molar-refractivity contribution in [2.24, 2.45) is 0 Å². The van der Waals surface area contributed by atoms with Crippen molar-refractivity contribution in [2.45, 2.75) is 20.4 Å². The zero-order valence-corrected chi connectivity index (χ0v) is 11.4. The molecule has 0 bridgehead atoms. The first-order valence-corrected chi connectivity index (χ1v) is 6.52. The number of rotatable bonds is 4. The van der Waals surface area contributed by atoms with E-state index >= 15 is 0 Å². The molecule has 0 saturated carbocycles. The van der Waals surface area contributed by atoms with Gasteiger partial charge in [-0.05, 0) is 37.6 Å². The number of nitro groups is 1. The van der Waals surface area contributed by atoms with Crippen molar-refractivity contribution >= 4 is 22.7 Å². The van der Waals surface area contributed by atoms with Gasteiger partial charge in [0.25, 0.3) is 5.69 Å². The maximum absolute atomic E-state index is 13.4. The normalized spacial score (nSPS) is 10.5. The van der Waals surface area contributed by atoms with Crippen LogP contribution in [0.4, 0.5) is 15.8 Å². The second-order valence-electron chi connectivity index (χ2n) is 4.24. The van der Waals surface area contributed by atoms with Crippen LogP contribution in [0.2, 0.25) is 0 Å². The van der Waals surface area contributed by atoms with Crippen LogP contribution >= 0.6 is 11.3 Å². The lowest BCUT2D eigenvalue weighted by Gasteiger charge is -2.07. The van der Waals surface area contributed by atoms with E-state index in [1.165, 1.54) is 10.9 Å². The topological polar surface area (TPSA) is 55.2 Å². The van der Waals surface area contributed by atoms with Crippen molar-refractivity contribution in [3.05, 3.63) is 55.5 Å². The predicted octanol–water partition coefficient (Wildman–Crippen LogP) is 4.02. The number of halogens is 1. The highest BCUT2D eigenvalue weighted by Crippen LogP contribution is 2.28. The van der Waals surface area contributed by atoms with Gasteiger partial charge < -0.3 is 5.32 Å². The largest absolute Gasteiger partial charge is 0.375 e. The number of anilines is 1.